The number of rotatable bonds is 10. The predicted molar refractivity (Wildman–Crippen MR) is 129 cm³/mol. The topological polar surface area (TPSA) is 197 Å². The summed E-state index contributed by atoms with van der Waals surface area (Å²) >= 11 is 11.7. The number of nitrogens with two attached hydrogens (primary N) is 2. The van der Waals surface area contributed by atoms with Crippen molar-refractivity contribution in [2.24, 2.45) is 16.6 Å². The Morgan fingerprint density at radius 1 is 1.18 bits per heavy atom. The normalized spacial score (nSPS) is 12.3. The van der Waals surface area contributed by atoms with Crippen molar-refractivity contribution in [3.05, 3.63) is 56.4 Å². The zero-order valence-corrected chi connectivity index (χ0v) is 21.4. The van der Waals surface area contributed by atoms with Crippen molar-refractivity contribution in [2.75, 3.05) is 17.9 Å². The number of oxime groups is 1. The fraction of sp³-hybridized carbons (Fsp3) is 0.263. The molecular formula is C19H19Cl2F3N6O7S. The molecule has 6 N–H and O–H groups in total. The van der Waals surface area contributed by atoms with E-state index in [9.17, 15) is 36.0 Å². The van der Waals surface area contributed by atoms with E-state index < -0.39 is 60.9 Å². The predicted octanol–water partition coefficient (Wildman–Crippen LogP) is 0.898. The van der Waals surface area contributed by atoms with Crippen LogP contribution in [0, 0.1) is 0 Å². The Bertz CT molecular complexity index is 1410. The van der Waals surface area contributed by atoms with E-state index in [1.54, 1.807) is 0 Å². The minimum atomic E-state index is -5.53. The fourth-order valence-electron chi connectivity index (χ4n) is 2.68. The number of nitrogens with zero attached hydrogens (tertiary/aromatic N) is 2. The van der Waals surface area contributed by atoms with Gasteiger partial charge in [-0.1, -0.05) is 29.3 Å². The molecule has 0 spiro atoms. The van der Waals surface area contributed by atoms with E-state index in [0.717, 1.165) is 18.2 Å². The second-order valence-electron chi connectivity index (χ2n) is 7.17. The summed E-state index contributed by atoms with van der Waals surface area (Å²) in [5, 5.41) is 5.03. The van der Waals surface area contributed by atoms with Crippen LogP contribution < -0.4 is 31.9 Å². The van der Waals surface area contributed by atoms with Crippen molar-refractivity contribution in [2.45, 2.75) is 23.9 Å². The Labute approximate surface area is 222 Å². The lowest BCUT2D eigenvalue weighted by molar-refractivity contribution is -0.200. The number of alkyl halides is 3. The number of pyridine rings is 1. The number of sulfonamides is 1. The molecule has 1 unspecified atom stereocenters. The molecule has 2 aromatic rings. The Hall–Kier alpha value is -3.70. The monoisotopic (exact) mass is 602 g/mol. The standard InChI is InChI=1S/C19H19Cl2F3N6O7S/c1-9(15(31)27-7-8-36-28-18(25)26)12-6-5-11(16(32)30(12)37-17(33)19(22,23)24)29-38(34,35)13-4-2-3-10(20)14(13)21/h2-6,9,29H,7-8H2,1H3,(H,27,31)(H4,25,26,28). The van der Waals surface area contributed by atoms with E-state index in [-0.39, 0.29) is 28.9 Å². The van der Waals surface area contributed by atoms with Crippen LogP contribution in [0.5, 0.6) is 0 Å². The molecule has 19 heteroatoms. The highest BCUT2D eigenvalue weighted by Crippen LogP contribution is 2.30. The number of benzene rings is 1. The van der Waals surface area contributed by atoms with Crippen LogP contribution in [0.1, 0.15) is 18.5 Å². The van der Waals surface area contributed by atoms with Crippen LogP contribution in [0.25, 0.3) is 0 Å². The first-order chi connectivity index (χ1) is 17.6. The Balaban J connectivity index is 2.44. The second-order valence-corrected chi connectivity index (χ2v) is 9.60. The lowest BCUT2D eigenvalue weighted by Crippen LogP contribution is -2.42. The van der Waals surface area contributed by atoms with Gasteiger partial charge in [-0.25, -0.2) is 13.2 Å². The summed E-state index contributed by atoms with van der Waals surface area (Å²) in [6.07, 6.45) is -5.53. The van der Waals surface area contributed by atoms with Gasteiger partial charge in [-0.2, -0.15) is 13.2 Å². The quantitative estimate of drug-likeness (QED) is 0.132. The molecule has 1 amide bonds. The van der Waals surface area contributed by atoms with Crippen LogP contribution in [0.15, 0.2) is 45.2 Å². The van der Waals surface area contributed by atoms with Gasteiger partial charge in [-0.05, 0) is 36.3 Å². The van der Waals surface area contributed by atoms with Crippen LogP contribution in [0.2, 0.25) is 10.0 Å². The SMILES string of the molecule is CC(C(=O)NCCON=C(N)N)c1ccc(NS(=O)(=O)c2cccc(Cl)c2Cl)c(=O)n1OC(=O)C(F)(F)F. The molecule has 0 aliphatic heterocycles. The molecule has 0 radical (unpaired) electrons. The Morgan fingerprint density at radius 2 is 1.84 bits per heavy atom. The number of guanidine groups is 1. The number of carbonyl (C=O) groups excluding carboxylic acids is 2. The zero-order chi connectivity index (χ0) is 28.8. The smallest absolute Gasteiger partial charge is 0.391 e. The average Bonchev–Trinajstić information content (AvgIpc) is 2.81. The molecule has 0 bridgehead atoms. The number of amides is 1. The minimum Gasteiger partial charge on any atom is -0.391 e. The van der Waals surface area contributed by atoms with Crippen molar-refractivity contribution < 1.29 is 40.9 Å². The van der Waals surface area contributed by atoms with Gasteiger partial charge in [-0.15, -0.1) is 4.73 Å². The largest absolute Gasteiger partial charge is 0.493 e. The van der Waals surface area contributed by atoms with Crippen LogP contribution in [0.3, 0.4) is 0 Å². The van der Waals surface area contributed by atoms with E-state index in [2.05, 4.69) is 20.1 Å². The van der Waals surface area contributed by atoms with Gasteiger partial charge in [-0.3, -0.25) is 14.3 Å². The molecule has 0 aliphatic rings. The average molecular weight is 603 g/mol. The van der Waals surface area contributed by atoms with Crippen molar-refractivity contribution in [1.29, 1.82) is 0 Å². The maximum Gasteiger partial charge on any atom is 0.493 e. The summed E-state index contributed by atoms with van der Waals surface area (Å²) < 4.78 is 65.9. The molecular weight excluding hydrogens is 584 g/mol. The minimum absolute atomic E-state index is 0.134. The lowest BCUT2D eigenvalue weighted by atomic mass is 10.1. The van der Waals surface area contributed by atoms with Crippen LogP contribution in [-0.4, -0.2) is 50.3 Å². The summed E-state index contributed by atoms with van der Waals surface area (Å²) in [5.74, 6) is -5.42. The molecule has 1 aromatic heterocycles. The van der Waals surface area contributed by atoms with E-state index in [4.69, 9.17) is 34.7 Å². The van der Waals surface area contributed by atoms with Crippen LogP contribution in [-0.2, 0) is 24.4 Å². The molecule has 0 fully saturated rings. The van der Waals surface area contributed by atoms with Crippen molar-refractivity contribution >= 4 is 56.7 Å². The van der Waals surface area contributed by atoms with Gasteiger partial charge in [0.2, 0.25) is 11.9 Å². The number of hydrogen-bond donors (Lipinski definition) is 4. The third kappa shape index (κ3) is 7.65. The molecule has 13 nitrogen and oxygen atoms in total. The molecule has 208 valence electrons. The highest BCUT2D eigenvalue weighted by Gasteiger charge is 2.43. The van der Waals surface area contributed by atoms with E-state index >= 15 is 0 Å². The van der Waals surface area contributed by atoms with Crippen molar-refractivity contribution in [1.82, 2.24) is 10.0 Å². The Morgan fingerprint density at radius 3 is 2.45 bits per heavy atom. The van der Waals surface area contributed by atoms with Crippen LogP contribution >= 0.6 is 23.2 Å². The highest BCUT2D eigenvalue weighted by atomic mass is 35.5. The molecule has 0 saturated carbocycles. The zero-order valence-electron chi connectivity index (χ0n) is 19.1. The first kappa shape index (κ1) is 30.5. The lowest BCUT2D eigenvalue weighted by Gasteiger charge is -2.19. The number of carbonyl (C=O) groups is 2. The fourth-order valence-corrected chi connectivity index (χ4v) is 4.50. The summed E-state index contributed by atoms with van der Waals surface area (Å²) in [6, 6.07) is 5.36. The molecule has 2 rings (SSSR count). The number of nitrogens with one attached hydrogen (secondary N) is 2. The van der Waals surface area contributed by atoms with Crippen molar-refractivity contribution in [3.8, 4) is 0 Å². The number of aromatic nitrogens is 1. The molecule has 1 aromatic carbocycles. The summed E-state index contributed by atoms with van der Waals surface area (Å²) in [7, 11) is -4.60. The molecule has 38 heavy (non-hydrogen) atoms. The number of halogens is 5. The molecule has 0 aliphatic carbocycles. The summed E-state index contributed by atoms with van der Waals surface area (Å²) in [6.45, 7) is 0.818. The third-order valence-corrected chi connectivity index (χ3v) is 6.76. The van der Waals surface area contributed by atoms with Gasteiger partial charge in [0.05, 0.1) is 28.2 Å². The Kier molecular flexibility index (Phi) is 9.82. The van der Waals surface area contributed by atoms with Gasteiger partial charge in [0.25, 0.3) is 10.0 Å². The molecule has 1 atom stereocenters. The summed E-state index contributed by atoms with van der Waals surface area (Å²) in [4.78, 5) is 45.2. The molecule has 1 heterocycles. The van der Waals surface area contributed by atoms with Gasteiger partial charge >= 0.3 is 17.7 Å². The molecule has 0 saturated heterocycles. The van der Waals surface area contributed by atoms with Crippen molar-refractivity contribution in [3.63, 3.8) is 0 Å². The maximum atomic E-state index is 12.9. The van der Waals surface area contributed by atoms with Gasteiger partial charge in [0.1, 0.15) is 17.2 Å². The van der Waals surface area contributed by atoms with Gasteiger partial charge in [0, 0.05) is 0 Å². The maximum absolute atomic E-state index is 12.9. The number of anilines is 1. The van der Waals surface area contributed by atoms with E-state index in [0.29, 0.717) is 0 Å². The summed E-state index contributed by atoms with van der Waals surface area (Å²) in [5.41, 5.74) is 7.22. The first-order valence-corrected chi connectivity index (χ1v) is 12.3. The third-order valence-electron chi connectivity index (χ3n) is 4.43. The van der Waals surface area contributed by atoms with E-state index in [1.165, 1.54) is 19.1 Å². The second kappa shape index (κ2) is 12.2. The van der Waals surface area contributed by atoms with E-state index in [1.807, 2.05) is 4.72 Å². The highest BCUT2D eigenvalue weighted by molar-refractivity contribution is 7.92. The van der Waals surface area contributed by atoms with Gasteiger partial charge in [0.15, 0.2) is 0 Å². The van der Waals surface area contributed by atoms with Crippen LogP contribution in [0.4, 0.5) is 18.9 Å². The first-order valence-electron chi connectivity index (χ1n) is 10.1. The number of hydrogen-bond acceptors (Lipinski definition) is 8. The van der Waals surface area contributed by atoms with Gasteiger partial charge < -0.3 is 26.5 Å².